The predicted molar refractivity (Wildman–Crippen MR) is 64.6 cm³/mol. The minimum atomic E-state index is -1.49. The van der Waals surface area contributed by atoms with Crippen molar-refractivity contribution in [2.75, 3.05) is 13.2 Å². The molecule has 7 heteroatoms. The molecule has 0 amide bonds. The molecular weight excluding hydrogens is 273 g/mol. The van der Waals surface area contributed by atoms with Gasteiger partial charge in [-0.2, -0.15) is 0 Å². The molecule has 0 atom stereocenters. The van der Waals surface area contributed by atoms with E-state index in [0.29, 0.717) is 5.57 Å². The fraction of sp³-hybridized carbons (Fsp3) is 0.308. The minimum absolute atomic E-state index is 0.0943. The Kier molecular flexibility index (Phi) is 4.29. The number of esters is 1. The monoisotopic (exact) mass is 286 g/mol. The summed E-state index contributed by atoms with van der Waals surface area (Å²) in [6, 6.07) is 1.83. The standard InChI is InChI=1S/C13H13F3N2O2/c1-2-20-13(19)9-5-17-18(7-9)6-8-3-10(14)12(16)11(15)4-8/h3-4,7,17H,2,5-6H2,1H3. The minimum Gasteiger partial charge on any atom is -0.463 e. The lowest BCUT2D eigenvalue weighted by Crippen LogP contribution is -2.28. The van der Waals surface area contributed by atoms with E-state index in [0.717, 1.165) is 12.1 Å². The molecule has 0 spiro atoms. The SMILES string of the molecule is CCOC(=O)C1=CN(Cc2cc(F)c(F)c(F)c2)NC1. The van der Waals surface area contributed by atoms with E-state index in [4.69, 9.17) is 4.74 Å². The van der Waals surface area contributed by atoms with Gasteiger partial charge in [0.25, 0.3) is 0 Å². The number of nitrogens with zero attached hydrogens (tertiary/aromatic N) is 1. The second-order valence-electron chi connectivity index (χ2n) is 4.21. The van der Waals surface area contributed by atoms with Gasteiger partial charge >= 0.3 is 5.97 Å². The molecule has 0 saturated heterocycles. The first-order valence-corrected chi connectivity index (χ1v) is 6.02. The molecule has 108 valence electrons. The quantitative estimate of drug-likeness (QED) is 0.678. The normalized spacial score (nSPS) is 14.4. The summed E-state index contributed by atoms with van der Waals surface area (Å²) in [5, 5.41) is 1.48. The molecule has 1 aromatic carbocycles. The molecule has 0 unspecified atom stereocenters. The fourth-order valence-electron chi connectivity index (χ4n) is 1.81. The van der Waals surface area contributed by atoms with Crippen molar-refractivity contribution in [1.29, 1.82) is 0 Å². The van der Waals surface area contributed by atoms with E-state index in [-0.39, 0.29) is 25.3 Å². The van der Waals surface area contributed by atoms with Crippen molar-refractivity contribution in [3.63, 3.8) is 0 Å². The third-order valence-corrected chi connectivity index (χ3v) is 2.72. The third-order valence-electron chi connectivity index (χ3n) is 2.72. The van der Waals surface area contributed by atoms with Crippen LogP contribution in [0.15, 0.2) is 23.9 Å². The summed E-state index contributed by atoms with van der Waals surface area (Å²) in [7, 11) is 0. The van der Waals surface area contributed by atoms with Crippen LogP contribution in [-0.2, 0) is 16.1 Å². The van der Waals surface area contributed by atoms with Crippen LogP contribution in [0.4, 0.5) is 13.2 Å². The Labute approximate surface area is 113 Å². The number of halogens is 3. The smallest absolute Gasteiger partial charge is 0.336 e. The summed E-state index contributed by atoms with van der Waals surface area (Å²) in [6.07, 6.45) is 1.50. The topological polar surface area (TPSA) is 41.6 Å². The summed E-state index contributed by atoms with van der Waals surface area (Å²) in [6.45, 7) is 2.33. The molecule has 0 aliphatic carbocycles. The molecule has 0 bridgehead atoms. The van der Waals surface area contributed by atoms with Crippen molar-refractivity contribution in [3.05, 3.63) is 46.9 Å². The molecule has 0 fully saturated rings. The van der Waals surface area contributed by atoms with Crippen molar-refractivity contribution in [2.45, 2.75) is 13.5 Å². The van der Waals surface area contributed by atoms with Crippen molar-refractivity contribution in [1.82, 2.24) is 10.4 Å². The molecule has 1 N–H and O–H groups in total. The molecule has 0 saturated carbocycles. The molecule has 1 aliphatic heterocycles. The number of hydrogen-bond acceptors (Lipinski definition) is 4. The van der Waals surface area contributed by atoms with E-state index in [1.807, 2.05) is 0 Å². The number of hydrazine groups is 1. The fourth-order valence-corrected chi connectivity index (χ4v) is 1.81. The number of ether oxygens (including phenoxy) is 1. The summed E-state index contributed by atoms with van der Waals surface area (Å²) >= 11 is 0. The number of rotatable bonds is 4. The van der Waals surface area contributed by atoms with Crippen molar-refractivity contribution < 1.29 is 22.7 Å². The first-order valence-electron chi connectivity index (χ1n) is 6.02. The lowest BCUT2D eigenvalue weighted by molar-refractivity contribution is -0.138. The number of carbonyl (C=O) groups excluding carboxylic acids is 1. The first-order chi connectivity index (χ1) is 9.51. The highest BCUT2D eigenvalue weighted by Crippen LogP contribution is 2.16. The van der Waals surface area contributed by atoms with Gasteiger partial charge in [-0.1, -0.05) is 0 Å². The van der Waals surface area contributed by atoms with Crippen LogP contribution in [0.5, 0.6) is 0 Å². The highest BCUT2D eigenvalue weighted by atomic mass is 19.2. The first kappa shape index (κ1) is 14.4. The Bertz CT molecular complexity index is 538. The van der Waals surface area contributed by atoms with Crippen LogP contribution in [0, 0.1) is 17.5 Å². The van der Waals surface area contributed by atoms with Crippen LogP contribution < -0.4 is 5.43 Å². The second kappa shape index (κ2) is 5.96. The number of nitrogens with one attached hydrogen (secondary N) is 1. The summed E-state index contributed by atoms with van der Waals surface area (Å²) in [5.41, 5.74) is 3.51. The average molecular weight is 286 g/mol. The van der Waals surface area contributed by atoms with E-state index in [9.17, 15) is 18.0 Å². The van der Waals surface area contributed by atoms with E-state index in [1.165, 1.54) is 11.2 Å². The maximum absolute atomic E-state index is 13.1. The second-order valence-corrected chi connectivity index (χ2v) is 4.21. The van der Waals surface area contributed by atoms with Crippen molar-refractivity contribution in [2.24, 2.45) is 0 Å². The van der Waals surface area contributed by atoms with Gasteiger partial charge in [-0.15, -0.1) is 0 Å². The van der Waals surface area contributed by atoms with Crippen LogP contribution in [0.25, 0.3) is 0 Å². The van der Waals surface area contributed by atoms with Gasteiger partial charge in [0.1, 0.15) is 0 Å². The summed E-state index contributed by atoms with van der Waals surface area (Å²) in [5.74, 6) is -4.42. The molecule has 4 nitrogen and oxygen atoms in total. The lowest BCUT2D eigenvalue weighted by atomic mass is 10.2. The lowest BCUT2D eigenvalue weighted by Gasteiger charge is -2.15. The molecule has 1 aromatic rings. The largest absolute Gasteiger partial charge is 0.463 e. The average Bonchev–Trinajstić information content (AvgIpc) is 2.85. The highest BCUT2D eigenvalue weighted by molar-refractivity contribution is 5.89. The Hall–Kier alpha value is -2.02. The van der Waals surface area contributed by atoms with Crippen LogP contribution >= 0.6 is 0 Å². The van der Waals surface area contributed by atoms with Gasteiger partial charge in [0.15, 0.2) is 17.5 Å². The molecule has 0 radical (unpaired) electrons. The van der Waals surface area contributed by atoms with E-state index >= 15 is 0 Å². The van der Waals surface area contributed by atoms with Crippen LogP contribution in [-0.4, -0.2) is 24.1 Å². The van der Waals surface area contributed by atoms with Crippen molar-refractivity contribution >= 4 is 5.97 Å². The van der Waals surface area contributed by atoms with E-state index < -0.39 is 23.4 Å². The van der Waals surface area contributed by atoms with Gasteiger partial charge in [-0.3, -0.25) is 0 Å². The third kappa shape index (κ3) is 3.11. The van der Waals surface area contributed by atoms with Gasteiger partial charge in [0.05, 0.1) is 18.7 Å². The van der Waals surface area contributed by atoms with E-state index in [2.05, 4.69) is 5.43 Å². The van der Waals surface area contributed by atoms with Gasteiger partial charge < -0.3 is 9.75 Å². The van der Waals surface area contributed by atoms with Crippen LogP contribution in [0.2, 0.25) is 0 Å². The highest BCUT2D eigenvalue weighted by Gasteiger charge is 2.20. The number of benzene rings is 1. The van der Waals surface area contributed by atoms with Gasteiger partial charge in [0, 0.05) is 12.7 Å². The van der Waals surface area contributed by atoms with Gasteiger partial charge in [0.2, 0.25) is 0 Å². The molecule has 0 aromatic heterocycles. The maximum Gasteiger partial charge on any atom is 0.336 e. The zero-order chi connectivity index (χ0) is 14.7. The Morgan fingerprint density at radius 3 is 2.60 bits per heavy atom. The Morgan fingerprint density at radius 1 is 1.35 bits per heavy atom. The molecule has 1 heterocycles. The predicted octanol–water partition coefficient (Wildman–Crippen LogP) is 1.87. The van der Waals surface area contributed by atoms with Crippen molar-refractivity contribution in [3.8, 4) is 0 Å². The zero-order valence-corrected chi connectivity index (χ0v) is 10.8. The summed E-state index contributed by atoms with van der Waals surface area (Å²) in [4.78, 5) is 11.5. The van der Waals surface area contributed by atoms with Gasteiger partial charge in [-0.05, 0) is 24.6 Å². The summed E-state index contributed by atoms with van der Waals surface area (Å²) < 4.78 is 43.8. The van der Waals surface area contributed by atoms with Crippen LogP contribution in [0.1, 0.15) is 12.5 Å². The zero-order valence-electron chi connectivity index (χ0n) is 10.8. The molecule has 1 aliphatic rings. The van der Waals surface area contributed by atoms with Gasteiger partial charge in [-0.25, -0.2) is 23.4 Å². The number of hydrogen-bond donors (Lipinski definition) is 1. The molecular formula is C13H13F3N2O2. The van der Waals surface area contributed by atoms with Crippen LogP contribution in [0.3, 0.4) is 0 Å². The maximum atomic E-state index is 13.1. The van der Waals surface area contributed by atoms with E-state index in [1.54, 1.807) is 6.92 Å². The Morgan fingerprint density at radius 2 is 2.00 bits per heavy atom. The molecule has 20 heavy (non-hydrogen) atoms. The number of carbonyl (C=O) groups is 1. The molecule has 2 rings (SSSR count). The Balaban J connectivity index is 2.07.